The van der Waals surface area contributed by atoms with Crippen molar-refractivity contribution in [2.75, 3.05) is 7.05 Å². The van der Waals surface area contributed by atoms with Crippen molar-refractivity contribution in [1.29, 1.82) is 0 Å². The van der Waals surface area contributed by atoms with E-state index in [-0.39, 0.29) is 0 Å². The first-order chi connectivity index (χ1) is 4.24. The molecule has 0 aromatic carbocycles. The van der Waals surface area contributed by atoms with E-state index < -0.39 is 0 Å². The lowest BCUT2D eigenvalue weighted by molar-refractivity contribution is 0.591. The second-order valence-corrected chi connectivity index (χ2v) is 2.26. The van der Waals surface area contributed by atoms with E-state index in [4.69, 9.17) is 0 Å². The first-order valence-corrected chi connectivity index (χ1v) is 3.15. The van der Waals surface area contributed by atoms with Gasteiger partial charge in [-0.3, -0.25) is 0 Å². The van der Waals surface area contributed by atoms with Crippen LogP contribution in [0, 0.1) is 0 Å². The molecule has 0 amide bonds. The van der Waals surface area contributed by atoms with Crippen molar-refractivity contribution in [3.05, 3.63) is 11.5 Å². The average molecular weight is 127 g/mol. The fourth-order valence-electron chi connectivity index (χ4n) is 1.02. The second kappa shape index (κ2) is 2.17. The lowest BCUT2D eigenvalue weighted by atomic mass is 10.5. The zero-order valence-electron chi connectivity index (χ0n) is 6.08. The van der Waals surface area contributed by atoms with Gasteiger partial charge in [0.15, 0.2) is 0 Å². The predicted octanol–water partition coefficient (Wildman–Crippen LogP) is -0.0664. The van der Waals surface area contributed by atoms with Crippen molar-refractivity contribution in [2.24, 2.45) is 0 Å². The summed E-state index contributed by atoms with van der Waals surface area (Å²) in [6.45, 7) is 4.12. The summed E-state index contributed by atoms with van der Waals surface area (Å²) in [5, 5.41) is 9.48. The quantitative estimate of drug-likeness (QED) is 0.461. The summed E-state index contributed by atoms with van der Waals surface area (Å²) in [6, 6.07) is 0. The Labute approximate surface area is 55.5 Å². The van der Waals surface area contributed by atoms with Gasteiger partial charge in [-0.1, -0.05) is 0 Å². The van der Waals surface area contributed by atoms with Gasteiger partial charge < -0.3 is 16.0 Å². The standard InChI is InChI=1S/C6H13N3/c1-4-6(7-3)9-5(2)8-4/h5,7-9H,1-3H3. The summed E-state index contributed by atoms with van der Waals surface area (Å²) in [5.41, 5.74) is 1.19. The lowest BCUT2D eigenvalue weighted by Crippen LogP contribution is -2.31. The Kier molecular flexibility index (Phi) is 1.51. The van der Waals surface area contributed by atoms with Crippen molar-refractivity contribution < 1.29 is 0 Å². The smallest absolute Gasteiger partial charge is 0.119 e. The van der Waals surface area contributed by atoms with Crippen LogP contribution in [0.1, 0.15) is 13.8 Å². The van der Waals surface area contributed by atoms with Crippen LogP contribution in [-0.2, 0) is 0 Å². The van der Waals surface area contributed by atoms with E-state index in [1.54, 1.807) is 0 Å². The Morgan fingerprint density at radius 3 is 2.33 bits per heavy atom. The molecular formula is C6H13N3. The van der Waals surface area contributed by atoms with Gasteiger partial charge in [0.1, 0.15) is 5.82 Å². The highest BCUT2D eigenvalue weighted by molar-refractivity contribution is 5.12. The minimum atomic E-state index is 0.368. The van der Waals surface area contributed by atoms with Gasteiger partial charge in [0.2, 0.25) is 0 Å². The molecule has 0 spiro atoms. The van der Waals surface area contributed by atoms with E-state index in [1.165, 1.54) is 5.70 Å². The zero-order chi connectivity index (χ0) is 6.85. The second-order valence-electron chi connectivity index (χ2n) is 2.26. The monoisotopic (exact) mass is 127 g/mol. The molecule has 0 fully saturated rings. The normalized spacial score (nSPS) is 25.4. The maximum absolute atomic E-state index is 3.22. The topological polar surface area (TPSA) is 36.1 Å². The van der Waals surface area contributed by atoms with Gasteiger partial charge in [-0.25, -0.2) is 0 Å². The van der Waals surface area contributed by atoms with Crippen LogP contribution in [0.4, 0.5) is 0 Å². The fourth-order valence-corrected chi connectivity index (χ4v) is 1.02. The Morgan fingerprint density at radius 2 is 2.11 bits per heavy atom. The lowest BCUT2D eigenvalue weighted by Gasteiger charge is -2.05. The third-order valence-electron chi connectivity index (χ3n) is 1.42. The molecule has 0 bridgehead atoms. The Bertz CT molecular complexity index is 139. The van der Waals surface area contributed by atoms with E-state index in [0.717, 1.165) is 5.82 Å². The molecule has 0 aromatic rings. The van der Waals surface area contributed by atoms with Gasteiger partial charge in [-0.05, 0) is 13.8 Å². The van der Waals surface area contributed by atoms with Crippen molar-refractivity contribution in [3.63, 3.8) is 0 Å². The van der Waals surface area contributed by atoms with Crippen LogP contribution in [0.5, 0.6) is 0 Å². The molecule has 1 heterocycles. The average Bonchev–Trinajstić information content (AvgIpc) is 2.10. The largest absolute Gasteiger partial charge is 0.374 e. The first-order valence-electron chi connectivity index (χ1n) is 3.15. The Balaban J connectivity index is 2.58. The van der Waals surface area contributed by atoms with Gasteiger partial charge in [0.05, 0.1) is 6.17 Å². The number of rotatable bonds is 1. The number of hydrogen-bond acceptors (Lipinski definition) is 3. The summed E-state index contributed by atoms with van der Waals surface area (Å²) in [4.78, 5) is 0. The zero-order valence-corrected chi connectivity index (χ0v) is 6.08. The molecule has 0 saturated carbocycles. The highest BCUT2D eigenvalue weighted by Crippen LogP contribution is 2.01. The molecule has 52 valence electrons. The van der Waals surface area contributed by atoms with E-state index in [1.807, 2.05) is 14.0 Å². The molecular weight excluding hydrogens is 114 g/mol. The van der Waals surface area contributed by atoms with Crippen LogP contribution in [0.3, 0.4) is 0 Å². The SMILES string of the molecule is CNC1=C(C)NC(C)N1. The molecule has 0 aromatic heterocycles. The summed E-state index contributed by atoms with van der Waals surface area (Å²) in [7, 11) is 1.91. The van der Waals surface area contributed by atoms with E-state index in [9.17, 15) is 0 Å². The van der Waals surface area contributed by atoms with Crippen LogP contribution in [0.2, 0.25) is 0 Å². The minimum absolute atomic E-state index is 0.368. The highest BCUT2D eigenvalue weighted by Gasteiger charge is 2.12. The van der Waals surface area contributed by atoms with E-state index >= 15 is 0 Å². The highest BCUT2D eigenvalue weighted by atomic mass is 15.3. The molecule has 3 nitrogen and oxygen atoms in total. The summed E-state index contributed by atoms with van der Waals surface area (Å²) in [6.07, 6.45) is 0.368. The van der Waals surface area contributed by atoms with Crippen LogP contribution >= 0.6 is 0 Å². The minimum Gasteiger partial charge on any atom is -0.374 e. The van der Waals surface area contributed by atoms with Crippen LogP contribution in [0.15, 0.2) is 11.5 Å². The Hall–Kier alpha value is -0.860. The molecule has 1 atom stereocenters. The summed E-state index contributed by atoms with van der Waals surface area (Å²) in [5.74, 6) is 1.10. The molecule has 0 saturated heterocycles. The number of nitrogens with one attached hydrogen (secondary N) is 3. The molecule has 0 radical (unpaired) electrons. The van der Waals surface area contributed by atoms with Crippen molar-refractivity contribution >= 4 is 0 Å². The van der Waals surface area contributed by atoms with Gasteiger partial charge in [0, 0.05) is 12.7 Å². The van der Waals surface area contributed by atoms with Crippen molar-refractivity contribution in [3.8, 4) is 0 Å². The maximum atomic E-state index is 3.22. The van der Waals surface area contributed by atoms with Crippen LogP contribution in [-0.4, -0.2) is 13.2 Å². The molecule has 9 heavy (non-hydrogen) atoms. The Morgan fingerprint density at radius 1 is 1.44 bits per heavy atom. The third kappa shape index (κ3) is 1.09. The van der Waals surface area contributed by atoms with Crippen LogP contribution < -0.4 is 16.0 Å². The van der Waals surface area contributed by atoms with Crippen molar-refractivity contribution in [2.45, 2.75) is 20.0 Å². The first kappa shape index (κ1) is 6.26. The van der Waals surface area contributed by atoms with Gasteiger partial charge in [0.25, 0.3) is 0 Å². The van der Waals surface area contributed by atoms with Crippen LogP contribution in [0.25, 0.3) is 0 Å². The van der Waals surface area contributed by atoms with Crippen molar-refractivity contribution in [1.82, 2.24) is 16.0 Å². The molecule has 1 aliphatic heterocycles. The molecule has 1 aliphatic rings. The van der Waals surface area contributed by atoms with Gasteiger partial charge in [-0.2, -0.15) is 0 Å². The molecule has 3 N–H and O–H groups in total. The number of allylic oxidation sites excluding steroid dienone is 1. The van der Waals surface area contributed by atoms with E-state index in [2.05, 4.69) is 22.9 Å². The van der Waals surface area contributed by atoms with Gasteiger partial charge in [-0.15, -0.1) is 0 Å². The summed E-state index contributed by atoms with van der Waals surface area (Å²) < 4.78 is 0. The fraction of sp³-hybridized carbons (Fsp3) is 0.667. The predicted molar refractivity (Wildman–Crippen MR) is 37.5 cm³/mol. The molecule has 1 unspecified atom stereocenters. The molecule has 0 aliphatic carbocycles. The van der Waals surface area contributed by atoms with Gasteiger partial charge >= 0.3 is 0 Å². The van der Waals surface area contributed by atoms with E-state index in [0.29, 0.717) is 6.17 Å². The maximum Gasteiger partial charge on any atom is 0.119 e. The summed E-state index contributed by atoms with van der Waals surface area (Å²) >= 11 is 0. The molecule has 3 heteroatoms. The number of hydrogen-bond donors (Lipinski definition) is 3. The third-order valence-corrected chi connectivity index (χ3v) is 1.42. The molecule has 1 rings (SSSR count).